The number of allylic oxidation sites excluding steroid dienone is 2. The molecule has 0 radical (unpaired) electrons. The highest BCUT2D eigenvalue weighted by molar-refractivity contribution is 9.13. The van der Waals surface area contributed by atoms with Crippen molar-refractivity contribution >= 4 is 49.3 Å². The smallest absolute Gasteiger partial charge is 0.356 e. The highest BCUT2D eigenvalue weighted by Crippen LogP contribution is 2.37. The number of nitrogens with zero attached hydrogens (tertiary/aromatic N) is 1. The van der Waals surface area contributed by atoms with E-state index < -0.39 is 11.6 Å². The van der Waals surface area contributed by atoms with Crippen molar-refractivity contribution in [1.82, 2.24) is 0 Å². The SMILES string of the molecule is COC(=O)C1=NOC2(C=C(Br)C(=O)C(Br)=C2)C1. The van der Waals surface area contributed by atoms with Gasteiger partial charge in [0.25, 0.3) is 0 Å². The second-order valence-corrected chi connectivity index (χ2v) is 5.27. The average Bonchev–Trinajstić information content (AvgIpc) is 2.69. The summed E-state index contributed by atoms with van der Waals surface area (Å²) in [6.07, 6.45) is 3.40. The van der Waals surface area contributed by atoms with Gasteiger partial charge in [0.05, 0.1) is 22.5 Å². The van der Waals surface area contributed by atoms with E-state index >= 15 is 0 Å². The van der Waals surface area contributed by atoms with Crippen LogP contribution in [0.15, 0.2) is 26.3 Å². The lowest BCUT2D eigenvalue weighted by Gasteiger charge is -2.22. The fourth-order valence-electron chi connectivity index (χ4n) is 1.56. The summed E-state index contributed by atoms with van der Waals surface area (Å²) in [4.78, 5) is 28.1. The van der Waals surface area contributed by atoms with Gasteiger partial charge in [-0.2, -0.15) is 0 Å². The quantitative estimate of drug-likeness (QED) is 0.665. The molecule has 17 heavy (non-hydrogen) atoms. The highest BCUT2D eigenvalue weighted by atomic mass is 79.9. The minimum atomic E-state index is -0.894. The van der Waals surface area contributed by atoms with Gasteiger partial charge in [0.15, 0.2) is 11.3 Å². The molecule has 5 nitrogen and oxygen atoms in total. The Kier molecular flexibility index (Phi) is 3.22. The predicted octanol–water partition coefficient (Wildman–Crippen LogP) is 1.81. The molecule has 1 aliphatic heterocycles. The van der Waals surface area contributed by atoms with Crippen LogP contribution in [0.2, 0.25) is 0 Å². The van der Waals surface area contributed by atoms with Gasteiger partial charge >= 0.3 is 5.97 Å². The molecule has 0 fully saturated rings. The van der Waals surface area contributed by atoms with Gasteiger partial charge < -0.3 is 9.57 Å². The molecule has 0 saturated carbocycles. The Morgan fingerprint density at radius 2 is 2.06 bits per heavy atom. The molecule has 7 heteroatoms. The lowest BCUT2D eigenvalue weighted by molar-refractivity contribution is -0.132. The van der Waals surface area contributed by atoms with Crippen LogP contribution in [0.1, 0.15) is 6.42 Å². The summed E-state index contributed by atoms with van der Waals surface area (Å²) in [5, 5.41) is 3.68. The van der Waals surface area contributed by atoms with Crippen molar-refractivity contribution in [3.63, 3.8) is 0 Å². The Bertz CT molecular complexity index is 471. The number of hydrogen-bond donors (Lipinski definition) is 0. The van der Waals surface area contributed by atoms with Crippen LogP contribution >= 0.6 is 31.9 Å². The molecule has 0 aromatic heterocycles. The number of Topliss-reactive ketones (excluding diaryl/α,β-unsaturated/α-hetero) is 1. The number of ketones is 1. The van der Waals surface area contributed by atoms with Gasteiger partial charge in [-0.05, 0) is 44.0 Å². The molecule has 0 aromatic carbocycles. The molecule has 0 aromatic rings. The van der Waals surface area contributed by atoms with Gasteiger partial charge in [0.2, 0.25) is 5.78 Å². The van der Waals surface area contributed by atoms with Crippen LogP contribution in [0.4, 0.5) is 0 Å². The van der Waals surface area contributed by atoms with Crippen molar-refractivity contribution in [2.75, 3.05) is 7.11 Å². The first-order chi connectivity index (χ1) is 7.97. The van der Waals surface area contributed by atoms with Crippen LogP contribution in [-0.4, -0.2) is 30.2 Å². The zero-order chi connectivity index (χ0) is 12.6. The van der Waals surface area contributed by atoms with E-state index in [9.17, 15) is 9.59 Å². The van der Waals surface area contributed by atoms with Gasteiger partial charge in [-0.3, -0.25) is 4.79 Å². The first kappa shape index (κ1) is 12.5. The Morgan fingerprint density at radius 1 is 1.47 bits per heavy atom. The Balaban J connectivity index is 2.26. The molecular weight excluding hydrogens is 358 g/mol. The number of rotatable bonds is 1. The molecule has 0 amide bonds. The largest absolute Gasteiger partial charge is 0.464 e. The second kappa shape index (κ2) is 4.38. The topological polar surface area (TPSA) is 65.0 Å². The van der Waals surface area contributed by atoms with E-state index in [1.165, 1.54) is 7.11 Å². The lowest BCUT2D eigenvalue weighted by Crippen LogP contribution is -2.30. The summed E-state index contributed by atoms with van der Waals surface area (Å²) in [7, 11) is 1.28. The number of halogens is 2. The normalized spacial score (nSPS) is 21.6. The van der Waals surface area contributed by atoms with Crippen LogP contribution in [0.5, 0.6) is 0 Å². The van der Waals surface area contributed by atoms with E-state index in [-0.39, 0.29) is 17.9 Å². The van der Waals surface area contributed by atoms with E-state index in [0.29, 0.717) is 8.96 Å². The molecule has 0 atom stereocenters. The van der Waals surface area contributed by atoms with Crippen molar-refractivity contribution in [1.29, 1.82) is 0 Å². The summed E-state index contributed by atoms with van der Waals surface area (Å²) >= 11 is 6.29. The number of esters is 1. The molecule has 1 heterocycles. The summed E-state index contributed by atoms with van der Waals surface area (Å²) in [6.45, 7) is 0. The molecule has 0 saturated heterocycles. The minimum absolute atomic E-state index is 0.175. The standard InChI is InChI=1S/C10H7Br2NO4/c1-16-9(15)7-4-10(17-13-7)2-5(11)8(14)6(12)3-10/h2-3H,4H2,1H3. The molecule has 1 spiro atoms. The Hall–Kier alpha value is -0.950. The van der Waals surface area contributed by atoms with Crippen molar-refractivity contribution in [2.45, 2.75) is 12.0 Å². The molecule has 1 aliphatic carbocycles. The van der Waals surface area contributed by atoms with Crippen LogP contribution in [-0.2, 0) is 19.2 Å². The van der Waals surface area contributed by atoms with Crippen molar-refractivity contribution < 1.29 is 19.2 Å². The van der Waals surface area contributed by atoms with Gasteiger partial charge in [0, 0.05) is 0 Å². The average molecular weight is 365 g/mol. The summed E-state index contributed by atoms with van der Waals surface area (Å²) in [5.74, 6) is -0.710. The molecule has 2 aliphatic rings. The summed E-state index contributed by atoms with van der Waals surface area (Å²) < 4.78 is 5.30. The first-order valence-corrected chi connectivity index (χ1v) is 6.21. The Labute approximate surface area is 114 Å². The monoisotopic (exact) mass is 363 g/mol. The third-order valence-corrected chi connectivity index (χ3v) is 3.54. The fourth-order valence-corrected chi connectivity index (χ4v) is 3.03. The van der Waals surface area contributed by atoms with Gasteiger partial charge in [-0.1, -0.05) is 5.16 Å². The predicted molar refractivity (Wildman–Crippen MR) is 66.9 cm³/mol. The van der Waals surface area contributed by atoms with Gasteiger partial charge in [0.1, 0.15) is 0 Å². The molecule has 90 valence electrons. The van der Waals surface area contributed by atoms with E-state index in [0.717, 1.165) is 0 Å². The van der Waals surface area contributed by atoms with Crippen LogP contribution in [0.25, 0.3) is 0 Å². The number of hydrogen-bond acceptors (Lipinski definition) is 5. The third kappa shape index (κ3) is 2.21. The highest BCUT2D eigenvalue weighted by Gasteiger charge is 2.42. The van der Waals surface area contributed by atoms with Crippen molar-refractivity contribution in [3.05, 3.63) is 21.1 Å². The molecule has 0 N–H and O–H groups in total. The number of carbonyl (C=O) groups is 2. The van der Waals surface area contributed by atoms with Crippen LogP contribution in [0, 0.1) is 0 Å². The Morgan fingerprint density at radius 3 is 2.59 bits per heavy atom. The molecule has 0 bridgehead atoms. The van der Waals surface area contributed by atoms with Gasteiger partial charge in [-0.25, -0.2) is 4.79 Å². The number of carbonyl (C=O) groups excluding carboxylic acids is 2. The molecule has 0 unspecified atom stereocenters. The zero-order valence-corrected chi connectivity index (χ0v) is 11.9. The van der Waals surface area contributed by atoms with Crippen LogP contribution < -0.4 is 0 Å². The van der Waals surface area contributed by atoms with E-state index in [4.69, 9.17) is 4.84 Å². The molecule has 2 rings (SSSR count). The maximum absolute atomic E-state index is 11.5. The maximum atomic E-state index is 11.5. The second-order valence-electron chi connectivity index (χ2n) is 3.57. The number of oxime groups is 1. The number of ether oxygens (including phenoxy) is 1. The number of methoxy groups -OCH3 is 1. The van der Waals surface area contributed by atoms with Crippen LogP contribution in [0.3, 0.4) is 0 Å². The lowest BCUT2D eigenvalue weighted by atomic mass is 9.92. The van der Waals surface area contributed by atoms with Crippen molar-refractivity contribution in [2.24, 2.45) is 5.16 Å². The minimum Gasteiger partial charge on any atom is -0.464 e. The summed E-state index contributed by atoms with van der Waals surface area (Å²) in [6, 6.07) is 0. The third-order valence-electron chi connectivity index (χ3n) is 2.37. The van der Waals surface area contributed by atoms with E-state index in [1.54, 1.807) is 12.2 Å². The first-order valence-electron chi connectivity index (χ1n) is 4.62. The maximum Gasteiger partial charge on any atom is 0.356 e. The zero-order valence-electron chi connectivity index (χ0n) is 8.70. The van der Waals surface area contributed by atoms with Gasteiger partial charge in [-0.15, -0.1) is 0 Å². The van der Waals surface area contributed by atoms with E-state index in [1.807, 2.05) is 0 Å². The fraction of sp³-hybridized carbons (Fsp3) is 0.300. The molecular formula is C10H7Br2NO4. The van der Waals surface area contributed by atoms with Crippen molar-refractivity contribution in [3.8, 4) is 0 Å². The summed E-state index contributed by atoms with van der Waals surface area (Å²) in [5.41, 5.74) is -0.704. The van der Waals surface area contributed by atoms with E-state index in [2.05, 4.69) is 41.8 Å².